The topological polar surface area (TPSA) is 97.5 Å². The van der Waals surface area contributed by atoms with Crippen LogP contribution >= 0.6 is 58.0 Å². The van der Waals surface area contributed by atoms with Crippen molar-refractivity contribution in [3.05, 3.63) is 96.4 Å². The molecule has 3 aromatic rings. The van der Waals surface area contributed by atoms with E-state index in [-0.39, 0.29) is 30.5 Å². The molecule has 1 N–H and O–H groups in total. The maximum atomic E-state index is 12.0. The highest BCUT2D eigenvalue weighted by atomic mass is 35.5. The molecule has 12 heteroatoms. The maximum absolute atomic E-state index is 12.0. The van der Waals surface area contributed by atoms with E-state index < -0.39 is 29.8 Å². The van der Waals surface area contributed by atoms with Crippen molar-refractivity contribution < 1.29 is 19.3 Å². The molecule has 5 atom stereocenters. The minimum Gasteiger partial charge on any atom is -0.374 e. The minimum absolute atomic E-state index is 0.00517. The Balaban J connectivity index is 1.45. The Hall–Kier alpha value is -2.40. The van der Waals surface area contributed by atoms with Gasteiger partial charge in [0.1, 0.15) is 29.8 Å². The predicted octanol–water partition coefficient (Wildman–Crippen LogP) is 6.68. The first-order valence-electron chi connectivity index (χ1n) is 12.2. The zero-order valence-electron chi connectivity index (χ0n) is 21.0. The van der Waals surface area contributed by atoms with Crippen LogP contribution in [0.3, 0.4) is 0 Å². The van der Waals surface area contributed by atoms with E-state index in [1.165, 1.54) is 6.33 Å². The first-order chi connectivity index (χ1) is 19.7. The fourth-order valence-electron chi connectivity index (χ4n) is 4.98. The average molecular weight is 652 g/mol. The van der Waals surface area contributed by atoms with Gasteiger partial charge in [0.2, 0.25) is 0 Å². The Bertz CT molecular complexity index is 1600. The number of halogens is 5. The number of aromatic nitrogens is 2. The van der Waals surface area contributed by atoms with Crippen LogP contribution in [0.5, 0.6) is 0 Å². The van der Waals surface area contributed by atoms with Gasteiger partial charge in [0.05, 0.1) is 48.6 Å². The summed E-state index contributed by atoms with van der Waals surface area (Å²) in [4.78, 5) is 8.33. The molecule has 0 radical (unpaired) electrons. The summed E-state index contributed by atoms with van der Waals surface area (Å²) >= 11 is 31.0. The lowest BCUT2D eigenvalue weighted by Crippen LogP contribution is -2.50. The Morgan fingerprint density at radius 1 is 1.00 bits per heavy atom. The summed E-state index contributed by atoms with van der Waals surface area (Å²) in [7, 11) is 0. The van der Waals surface area contributed by atoms with Crippen LogP contribution in [-0.2, 0) is 27.4 Å². The number of fused-ring (bicyclic) bond motifs is 1. The fraction of sp³-hybridized carbons (Fsp3) is 0.276. The molecule has 1 saturated heterocycles. The van der Waals surface area contributed by atoms with Crippen LogP contribution in [0.4, 0.5) is 0 Å². The van der Waals surface area contributed by atoms with Crippen LogP contribution in [0.1, 0.15) is 28.3 Å². The highest BCUT2D eigenvalue weighted by molar-refractivity contribution is 6.35. The number of nitrogens with zero attached hydrogens (tertiary/aromatic N) is 3. The van der Waals surface area contributed by atoms with Gasteiger partial charge in [-0.2, -0.15) is 5.26 Å². The molecule has 2 aromatic carbocycles. The lowest BCUT2D eigenvalue weighted by Gasteiger charge is -2.31. The van der Waals surface area contributed by atoms with Crippen molar-refractivity contribution in [2.45, 2.75) is 43.0 Å². The van der Waals surface area contributed by atoms with Crippen molar-refractivity contribution in [1.82, 2.24) is 9.97 Å². The molecular formula is C29H20Cl5N3O4. The summed E-state index contributed by atoms with van der Waals surface area (Å²) < 4.78 is 18.5. The fourth-order valence-corrected chi connectivity index (χ4v) is 6.15. The van der Waals surface area contributed by atoms with E-state index in [2.05, 4.69) is 22.0 Å². The first kappa shape index (κ1) is 30.1. The molecule has 1 fully saturated rings. The summed E-state index contributed by atoms with van der Waals surface area (Å²) in [5.41, 5.74) is 0.401. The van der Waals surface area contributed by atoms with Crippen LogP contribution in [0, 0.1) is 23.7 Å². The van der Waals surface area contributed by atoms with Crippen molar-refractivity contribution in [3.63, 3.8) is 0 Å². The largest absolute Gasteiger partial charge is 0.374 e. The Kier molecular flexibility index (Phi) is 9.13. The number of rotatable bonds is 8. The van der Waals surface area contributed by atoms with Crippen LogP contribution in [-0.4, -0.2) is 45.6 Å². The third-order valence-corrected chi connectivity index (χ3v) is 8.41. The van der Waals surface area contributed by atoms with Gasteiger partial charge in [-0.15, -0.1) is 6.42 Å². The van der Waals surface area contributed by atoms with Crippen LogP contribution in [0.2, 0.25) is 25.2 Å². The van der Waals surface area contributed by atoms with Gasteiger partial charge in [-0.3, -0.25) is 0 Å². The molecule has 2 aliphatic rings. The number of aliphatic hydroxyl groups is 1. The van der Waals surface area contributed by atoms with Crippen LogP contribution in [0.15, 0.2) is 48.8 Å². The van der Waals surface area contributed by atoms with E-state index >= 15 is 0 Å². The molecule has 7 nitrogen and oxygen atoms in total. The van der Waals surface area contributed by atoms with Crippen molar-refractivity contribution in [2.75, 3.05) is 6.61 Å². The quantitative estimate of drug-likeness (QED) is 0.214. The SMILES string of the molecule is C#C[C@@]1(O)[C@H](OCc2ccc(Cl)cc2Cl)[C@@H](COCc2ccc(Cl)cc2Cl)O[C@H]1[C@@H]1C=C(C#N)c2c(Cl)ncnc21. The van der Waals surface area contributed by atoms with E-state index in [1.807, 2.05) is 0 Å². The number of hydrogen-bond donors (Lipinski definition) is 1. The summed E-state index contributed by atoms with van der Waals surface area (Å²) in [6, 6.07) is 12.2. The van der Waals surface area contributed by atoms with Gasteiger partial charge in [0, 0.05) is 20.1 Å². The summed E-state index contributed by atoms with van der Waals surface area (Å²) in [5, 5.41) is 23.6. The summed E-state index contributed by atoms with van der Waals surface area (Å²) in [6.07, 6.45) is 5.87. The van der Waals surface area contributed by atoms with E-state index in [0.29, 0.717) is 42.5 Å². The number of benzene rings is 2. The zero-order chi connectivity index (χ0) is 29.3. The van der Waals surface area contributed by atoms with Gasteiger partial charge in [0.25, 0.3) is 0 Å². The summed E-state index contributed by atoms with van der Waals surface area (Å²) in [6.45, 7) is 0.116. The Labute approximate surface area is 261 Å². The second-order valence-corrected chi connectivity index (χ2v) is 11.5. The molecule has 0 spiro atoms. The Morgan fingerprint density at radius 2 is 1.66 bits per heavy atom. The third-order valence-electron chi connectivity index (χ3n) is 6.95. The van der Waals surface area contributed by atoms with E-state index in [9.17, 15) is 10.4 Å². The smallest absolute Gasteiger partial charge is 0.181 e. The molecular weight excluding hydrogens is 632 g/mol. The minimum atomic E-state index is -1.97. The first-order valence-corrected chi connectivity index (χ1v) is 14.1. The van der Waals surface area contributed by atoms with Crippen molar-refractivity contribution in [2.24, 2.45) is 0 Å². The second kappa shape index (κ2) is 12.5. The summed E-state index contributed by atoms with van der Waals surface area (Å²) in [5.74, 6) is 1.76. The van der Waals surface area contributed by atoms with E-state index in [4.69, 9.17) is 78.6 Å². The number of hydrogen-bond acceptors (Lipinski definition) is 7. The number of ether oxygens (including phenoxy) is 3. The standard InChI is InChI=1S/C29H20Cl5N3O4/c1-2-29(38)26(20-7-17(10-35)24-25(20)36-14-37-28(24)34)41-23(13-39-11-15-3-5-18(30)8-21(15)32)27(29)40-12-16-4-6-19(31)9-22(16)33/h1,3-9,14,20,23,26-27,38H,11-13H2/t20-,23-,26+,27-,29+/m1/s1. The molecule has 41 heavy (non-hydrogen) atoms. The van der Waals surface area contributed by atoms with Gasteiger partial charge in [0.15, 0.2) is 5.60 Å². The zero-order valence-corrected chi connectivity index (χ0v) is 24.8. The van der Waals surface area contributed by atoms with Crippen molar-refractivity contribution in [1.29, 1.82) is 5.26 Å². The predicted molar refractivity (Wildman–Crippen MR) is 157 cm³/mol. The number of allylic oxidation sites excluding steroid dienone is 1. The van der Waals surface area contributed by atoms with Gasteiger partial charge in [-0.05, 0) is 35.4 Å². The highest BCUT2D eigenvalue weighted by Gasteiger charge is 2.59. The highest BCUT2D eigenvalue weighted by Crippen LogP contribution is 2.47. The molecule has 1 aromatic heterocycles. The van der Waals surface area contributed by atoms with Gasteiger partial charge in [-0.25, -0.2) is 9.97 Å². The van der Waals surface area contributed by atoms with Crippen LogP contribution in [0.25, 0.3) is 5.57 Å². The molecule has 2 heterocycles. The number of terminal acetylenes is 1. The average Bonchev–Trinajstić information content (AvgIpc) is 3.45. The molecule has 210 valence electrons. The molecule has 0 amide bonds. The molecule has 1 aliphatic heterocycles. The lowest BCUT2D eigenvalue weighted by molar-refractivity contribution is -0.0887. The van der Waals surface area contributed by atoms with Gasteiger partial charge >= 0.3 is 0 Å². The monoisotopic (exact) mass is 649 g/mol. The Morgan fingerprint density at radius 3 is 2.27 bits per heavy atom. The maximum Gasteiger partial charge on any atom is 0.181 e. The van der Waals surface area contributed by atoms with Crippen molar-refractivity contribution >= 4 is 63.6 Å². The third kappa shape index (κ3) is 5.94. The number of nitriles is 1. The van der Waals surface area contributed by atoms with Crippen LogP contribution < -0.4 is 0 Å². The molecule has 0 bridgehead atoms. The van der Waals surface area contributed by atoms with Gasteiger partial charge in [-0.1, -0.05) is 82.1 Å². The van der Waals surface area contributed by atoms with Crippen molar-refractivity contribution in [3.8, 4) is 18.4 Å². The molecule has 0 unspecified atom stereocenters. The second-order valence-electron chi connectivity index (χ2n) is 9.43. The van der Waals surface area contributed by atoms with E-state index in [1.54, 1.807) is 42.5 Å². The normalized spacial score (nSPS) is 24.9. The molecule has 0 saturated carbocycles. The van der Waals surface area contributed by atoms with Gasteiger partial charge < -0.3 is 19.3 Å². The lowest BCUT2D eigenvalue weighted by atomic mass is 9.83. The van der Waals surface area contributed by atoms with E-state index in [0.717, 1.165) is 0 Å². The molecule has 1 aliphatic carbocycles. The molecule has 5 rings (SSSR count).